The summed E-state index contributed by atoms with van der Waals surface area (Å²) in [4.78, 5) is 22.1. The predicted octanol–water partition coefficient (Wildman–Crippen LogP) is 0.263. The van der Waals surface area contributed by atoms with Gasteiger partial charge in [0.15, 0.2) is 0 Å². The number of primary amides is 1. The highest BCUT2D eigenvalue weighted by Gasteiger charge is 2.08. The average Bonchev–Trinajstić information content (AvgIpc) is 2.27. The van der Waals surface area contributed by atoms with E-state index in [1.54, 1.807) is 18.2 Å². The van der Waals surface area contributed by atoms with E-state index < -0.39 is 5.91 Å². The number of halogens is 1. The Bertz CT molecular complexity index is 451. The molecule has 5 N–H and O–H groups in total. The van der Waals surface area contributed by atoms with Crippen molar-refractivity contribution in [3.05, 3.63) is 28.2 Å². The molecule has 1 aromatic rings. The van der Waals surface area contributed by atoms with Crippen LogP contribution in [-0.2, 0) is 9.53 Å². The topological polar surface area (TPSA) is 107 Å². The molecule has 6 nitrogen and oxygen atoms in total. The van der Waals surface area contributed by atoms with Crippen LogP contribution < -0.4 is 16.8 Å². The molecule has 0 heterocycles. The zero-order valence-electron chi connectivity index (χ0n) is 9.61. The third kappa shape index (κ3) is 4.72. The van der Waals surface area contributed by atoms with E-state index in [1.807, 2.05) is 0 Å². The van der Waals surface area contributed by atoms with E-state index in [0.29, 0.717) is 11.3 Å². The Morgan fingerprint density at radius 2 is 2.11 bits per heavy atom. The van der Waals surface area contributed by atoms with Crippen LogP contribution in [0.25, 0.3) is 0 Å². The number of ether oxygens (including phenoxy) is 1. The lowest BCUT2D eigenvalue weighted by Gasteiger charge is -2.07. The van der Waals surface area contributed by atoms with Crippen LogP contribution in [0.5, 0.6) is 0 Å². The minimum Gasteiger partial charge on any atom is -0.398 e. The van der Waals surface area contributed by atoms with E-state index >= 15 is 0 Å². The van der Waals surface area contributed by atoms with E-state index in [2.05, 4.69) is 21.2 Å². The monoisotopic (exact) mass is 315 g/mol. The Morgan fingerprint density at radius 3 is 2.72 bits per heavy atom. The molecule has 1 aromatic carbocycles. The number of nitrogens with one attached hydrogen (secondary N) is 1. The second kappa shape index (κ2) is 6.97. The second-order valence-electron chi connectivity index (χ2n) is 3.51. The first-order valence-electron chi connectivity index (χ1n) is 5.20. The van der Waals surface area contributed by atoms with Gasteiger partial charge in [0, 0.05) is 16.7 Å². The number of benzene rings is 1. The molecule has 7 heteroatoms. The zero-order chi connectivity index (χ0) is 13.5. The number of nitrogens with two attached hydrogens (primary N) is 2. The molecular weight excluding hydrogens is 302 g/mol. The molecule has 0 bridgehead atoms. The van der Waals surface area contributed by atoms with Gasteiger partial charge in [-0.2, -0.15) is 0 Å². The zero-order valence-corrected chi connectivity index (χ0v) is 11.2. The SMILES string of the molecule is NC(=O)COCCNC(=O)c1ccc(Br)cc1N. The highest BCUT2D eigenvalue weighted by molar-refractivity contribution is 9.10. The molecule has 0 radical (unpaired) electrons. The van der Waals surface area contributed by atoms with E-state index in [9.17, 15) is 9.59 Å². The summed E-state index contributed by atoms with van der Waals surface area (Å²) in [6, 6.07) is 5.01. The number of anilines is 1. The van der Waals surface area contributed by atoms with Gasteiger partial charge in [-0.3, -0.25) is 9.59 Å². The highest BCUT2D eigenvalue weighted by Crippen LogP contribution is 2.18. The van der Waals surface area contributed by atoms with Crippen LogP contribution in [0.2, 0.25) is 0 Å². The number of hydrogen-bond donors (Lipinski definition) is 3. The van der Waals surface area contributed by atoms with Gasteiger partial charge < -0.3 is 21.5 Å². The molecule has 0 aliphatic carbocycles. The first kappa shape index (κ1) is 14.5. The van der Waals surface area contributed by atoms with Crippen molar-refractivity contribution in [2.75, 3.05) is 25.5 Å². The molecule has 0 unspecified atom stereocenters. The molecule has 0 atom stereocenters. The molecule has 0 saturated carbocycles. The number of nitrogen functional groups attached to an aromatic ring is 1. The van der Waals surface area contributed by atoms with E-state index in [-0.39, 0.29) is 25.7 Å². The largest absolute Gasteiger partial charge is 0.398 e. The number of carbonyl (C=O) groups excluding carboxylic acids is 2. The van der Waals surface area contributed by atoms with Crippen molar-refractivity contribution < 1.29 is 14.3 Å². The van der Waals surface area contributed by atoms with Crippen molar-refractivity contribution in [2.45, 2.75) is 0 Å². The van der Waals surface area contributed by atoms with Gasteiger partial charge in [0.05, 0.1) is 12.2 Å². The number of rotatable bonds is 6. The van der Waals surface area contributed by atoms with Gasteiger partial charge in [-0.05, 0) is 18.2 Å². The molecule has 0 spiro atoms. The van der Waals surface area contributed by atoms with Gasteiger partial charge in [0.1, 0.15) is 6.61 Å². The van der Waals surface area contributed by atoms with Gasteiger partial charge in [-0.25, -0.2) is 0 Å². The van der Waals surface area contributed by atoms with Crippen molar-refractivity contribution >= 4 is 33.4 Å². The van der Waals surface area contributed by atoms with E-state index in [0.717, 1.165) is 4.47 Å². The summed E-state index contributed by atoms with van der Waals surface area (Å²) in [6.07, 6.45) is 0. The number of amides is 2. The third-order valence-corrected chi connectivity index (χ3v) is 2.53. The van der Waals surface area contributed by atoms with Crippen LogP contribution in [0.3, 0.4) is 0 Å². The molecule has 2 amide bonds. The highest BCUT2D eigenvalue weighted by atomic mass is 79.9. The summed E-state index contributed by atoms with van der Waals surface area (Å²) in [5.74, 6) is -0.832. The molecule has 0 saturated heterocycles. The second-order valence-corrected chi connectivity index (χ2v) is 4.42. The average molecular weight is 316 g/mol. The molecule has 0 aliphatic rings. The molecule has 98 valence electrons. The number of carbonyl (C=O) groups is 2. The Kier molecular flexibility index (Phi) is 5.60. The van der Waals surface area contributed by atoms with Crippen LogP contribution in [0.4, 0.5) is 5.69 Å². The Labute approximate surface area is 113 Å². The summed E-state index contributed by atoms with van der Waals surface area (Å²) in [6.45, 7) is 0.336. The Hall–Kier alpha value is -1.60. The molecule has 0 aromatic heterocycles. The minimum atomic E-state index is -0.543. The maximum absolute atomic E-state index is 11.7. The maximum atomic E-state index is 11.7. The van der Waals surface area contributed by atoms with Crippen LogP contribution >= 0.6 is 15.9 Å². The quantitative estimate of drug-likeness (QED) is 0.517. The summed E-state index contributed by atoms with van der Waals surface area (Å²) in [7, 11) is 0. The first-order valence-corrected chi connectivity index (χ1v) is 5.99. The summed E-state index contributed by atoms with van der Waals surface area (Å²) >= 11 is 3.26. The van der Waals surface area contributed by atoms with Gasteiger partial charge in [-0.1, -0.05) is 15.9 Å². The molecule has 18 heavy (non-hydrogen) atoms. The fraction of sp³-hybridized carbons (Fsp3) is 0.273. The van der Waals surface area contributed by atoms with Crippen LogP contribution in [-0.4, -0.2) is 31.6 Å². The summed E-state index contributed by atoms with van der Waals surface area (Å²) in [5.41, 5.74) is 11.4. The molecule has 0 aliphatic heterocycles. The Morgan fingerprint density at radius 1 is 1.39 bits per heavy atom. The maximum Gasteiger partial charge on any atom is 0.253 e. The molecular formula is C11H14BrN3O3. The van der Waals surface area contributed by atoms with Crippen molar-refractivity contribution in [3.63, 3.8) is 0 Å². The fourth-order valence-electron chi connectivity index (χ4n) is 1.25. The van der Waals surface area contributed by atoms with E-state index in [1.165, 1.54) is 0 Å². The third-order valence-electron chi connectivity index (χ3n) is 2.03. The molecule has 0 fully saturated rings. The van der Waals surface area contributed by atoms with Crippen LogP contribution in [0.15, 0.2) is 22.7 Å². The summed E-state index contributed by atoms with van der Waals surface area (Å²) in [5, 5.41) is 2.62. The lowest BCUT2D eigenvalue weighted by Crippen LogP contribution is -2.29. The van der Waals surface area contributed by atoms with Gasteiger partial charge in [0.2, 0.25) is 5.91 Å². The van der Waals surface area contributed by atoms with Gasteiger partial charge in [0.25, 0.3) is 5.91 Å². The normalized spacial score (nSPS) is 10.1. The van der Waals surface area contributed by atoms with Crippen molar-refractivity contribution in [3.8, 4) is 0 Å². The van der Waals surface area contributed by atoms with E-state index in [4.69, 9.17) is 16.2 Å². The lowest BCUT2D eigenvalue weighted by atomic mass is 10.1. The molecule has 1 rings (SSSR count). The lowest BCUT2D eigenvalue weighted by molar-refractivity contribution is -0.122. The van der Waals surface area contributed by atoms with Crippen molar-refractivity contribution in [1.82, 2.24) is 5.32 Å². The van der Waals surface area contributed by atoms with Crippen molar-refractivity contribution in [2.24, 2.45) is 5.73 Å². The number of hydrogen-bond acceptors (Lipinski definition) is 4. The minimum absolute atomic E-state index is 0.156. The van der Waals surface area contributed by atoms with Gasteiger partial charge in [-0.15, -0.1) is 0 Å². The summed E-state index contributed by atoms with van der Waals surface area (Å²) < 4.78 is 5.71. The standard InChI is InChI=1S/C11H14BrN3O3/c12-7-1-2-8(9(13)5-7)11(17)15-3-4-18-6-10(14)16/h1-2,5H,3-4,6,13H2,(H2,14,16)(H,15,17). The van der Waals surface area contributed by atoms with Gasteiger partial charge >= 0.3 is 0 Å². The van der Waals surface area contributed by atoms with Crippen LogP contribution in [0, 0.1) is 0 Å². The van der Waals surface area contributed by atoms with Crippen molar-refractivity contribution in [1.29, 1.82) is 0 Å². The predicted molar refractivity (Wildman–Crippen MR) is 70.9 cm³/mol. The fourth-order valence-corrected chi connectivity index (χ4v) is 1.62. The Balaban J connectivity index is 2.39. The smallest absolute Gasteiger partial charge is 0.253 e. The first-order chi connectivity index (χ1) is 8.50. The van der Waals surface area contributed by atoms with Crippen LogP contribution in [0.1, 0.15) is 10.4 Å².